The summed E-state index contributed by atoms with van der Waals surface area (Å²) in [4.78, 5) is 0. The van der Waals surface area contributed by atoms with Gasteiger partial charge < -0.3 is 19.3 Å². The minimum atomic E-state index is -0.705. The maximum absolute atomic E-state index is 10.3. The lowest BCUT2D eigenvalue weighted by Gasteiger charge is -2.38. The molecule has 1 aliphatic rings. The van der Waals surface area contributed by atoms with E-state index in [1.54, 1.807) is 7.11 Å². The molecule has 1 aliphatic heterocycles. The largest absolute Gasteiger partial charge is 0.388 e. The Labute approximate surface area is 136 Å². The number of ether oxygens (including phenoxy) is 3. The van der Waals surface area contributed by atoms with Gasteiger partial charge in [0, 0.05) is 19.1 Å². The Morgan fingerprint density at radius 3 is 2.39 bits per heavy atom. The lowest BCUT2D eigenvalue weighted by Crippen LogP contribution is -2.48. The van der Waals surface area contributed by atoms with Crippen LogP contribution in [0, 0.1) is 0 Å². The predicted molar refractivity (Wildman–Crippen MR) is 87.0 cm³/mol. The van der Waals surface area contributed by atoms with Gasteiger partial charge in [-0.1, -0.05) is 60.7 Å². The van der Waals surface area contributed by atoms with Crippen LogP contribution in [0.3, 0.4) is 0 Å². The van der Waals surface area contributed by atoms with E-state index in [9.17, 15) is 5.11 Å². The monoisotopic (exact) mass is 314 g/mol. The van der Waals surface area contributed by atoms with Crippen LogP contribution >= 0.6 is 0 Å². The second-order valence-corrected chi connectivity index (χ2v) is 5.71. The molecule has 1 fully saturated rings. The summed E-state index contributed by atoms with van der Waals surface area (Å²) in [6.45, 7) is 0.235. The Balaban J connectivity index is 1.73. The molecule has 3 rings (SSSR count). The molecule has 1 heterocycles. The van der Waals surface area contributed by atoms with Crippen LogP contribution in [-0.4, -0.2) is 37.1 Å². The summed E-state index contributed by atoms with van der Waals surface area (Å²) in [6.07, 6.45) is -1.16. The highest BCUT2D eigenvalue weighted by atomic mass is 16.7. The van der Waals surface area contributed by atoms with Gasteiger partial charge in [0.1, 0.15) is 12.2 Å². The van der Waals surface area contributed by atoms with Crippen molar-refractivity contribution in [2.45, 2.75) is 31.0 Å². The lowest BCUT2D eigenvalue weighted by molar-refractivity contribution is -0.277. The minimum Gasteiger partial charge on any atom is -0.388 e. The van der Waals surface area contributed by atoms with Crippen LogP contribution in [0.2, 0.25) is 0 Å². The Kier molecular flexibility index (Phi) is 5.41. The van der Waals surface area contributed by atoms with Crippen molar-refractivity contribution in [3.63, 3.8) is 0 Å². The van der Waals surface area contributed by atoms with Gasteiger partial charge in [0.05, 0.1) is 12.7 Å². The molecule has 2 aromatic rings. The van der Waals surface area contributed by atoms with Crippen molar-refractivity contribution in [3.05, 3.63) is 71.8 Å². The number of methoxy groups -OCH3 is 1. The molecular formula is C19H22O4. The first kappa shape index (κ1) is 16.1. The first-order chi connectivity index (χ1) is 11.3. The maximum Gasteiger partial charge on any atom is 0.184 e. The highest BCUT2D eigenvalue weighted by Gasteiger charge is 2.37. The van der Waals surface area contributed by atoms with Crippen molar-refractivity contribution in [1.82, 2.24) is 0 Å². The number of aliphatic hydroxyl groups excluding tert-OH is 1. The molecule has 4 atom stereocenters. The molecule has 4 nitrogen and oxygen atoms in total. The van der Waals surface area contributed by atoms with E-state index >= 15 is 0 Å². The Morgan fingerprint density at radius 2 is 1.74 bits per heavy atom. The van der Waals surface area contributed by atoms with Gasteiger partial charge in [-0.05, 0) is 5.56 Å². The molecule has 0 radical (unpaired) electrons. The molecule has 1 unspecified atom stereocenters. The van der Waals surface area contributed by atoms with E-state index in [4.69, 9.17) is 14.2 Å². The number of hydrogen-bond donors (Lipinski definition) is 1. The third kappa shape index (κ3) is 3.98. The summed E-state index contributed by atoms with van der Waals surface area (Å²) in [6, 6.07) is 19.8. The van der Waals surface area contributed by atoms with Gasteiger partial charge in [-0.3, -0.25) is 0 Å². The average Bonchev–Trinajstić information content (AvgIpc) is 2.62. The van der Waals surface area contributed by atoms with Crippen LogP contribution in [-0.2, 0) is 20.6 Å². The Morgan fingerprint density at radius 1 is 1.09 bits per heavy atom. The highest BCUT2D eigenvalue weighted by molar-refractivity contribution is 5.18. The topological polar surface area (TPSA) is 47.9 Å². The molecule has 1 saturated heterocycles. The normalized spacial score (nSPS) is 25.9. The molecule has 0 aromatic heterocycles. The van der Waals surface area contributed by atoms with E-state index in [0.29, 0.717) is 6.42 Å². The first-order valence-electron chi connectivity index (χ1n) is 7.84. The van der Waals surface area contributed by atoms with Crippen molar-refractivity contribution >= 4 is 0 Å². The predicted octanol–water partition coefficient (Wildman–Crippen LogP) is 2.72. The second kappa shape index (κ2) is 7.70. The summed E-state index contributed by atoms with van der Waals surface area (Å²) in [5, 5.41) is 10.3. The summed E-state index contributed by atoms with van der Waals surface area (Å²) in [5.41, 5.74) is 2.09. The molecular weight excluding hydrogens is 292 g/mol. The molecule has 0 bridgehead atoms. The van der Waals surface area contributed by atoms with E-state index in [2.05, 4.69) is 0 Å². The number of hydrogen-bond acceptors (Lipinski definition) is 4. The zero-order valence-corrected chi connectivity index (χ0v) is 13.2. The third-order valence-electron chi connectivity index (χ3n) is 4.10. The van der Waals surface area contributed by atoms with E-state index in [0.717, 1.165) is 11.1 Å². The quantitative estimate of drug-likeness (QED) is 0.922. The highest BCUT2D eigenvalue weighted by Crippen LogP contribution is 2.29. The molecule has 1 N–H and O–H groups in total. The van der Waals surface area contributed by atoms with Crippen LogP contribution in [0.15, 0.2) is 60.7 Å². The molecule has 2 aromatic carbocycles. The zero-order chi connectivity index (χ0) is 16.1. The molecule has 23 heavy (non-hydrogen) atoms. The second-order valence-electron chi connectivity index (χ2n) is 5.71. The summed E-state index contributed by atoms with van der Waals surface area (Å²) in [5.74, 6) is 0. The van der Waals surface area contributed by atoms with E-state index in [1.165, 1.54) is 0 Å². The van der Waals surface area contributed by atoms with Crippen LogP contribution in [0.1, 0.15) is 17.4 Å². The third-order valence-corrected chi connectivity index (χ3v) is 4.10. The van der Waals surface area contributed by atoms with E-state index in [1.807, 2.05) is 60.7 Å². The fourth-order valence-corrected chi connectivity index (χ4v) is 2.85. The minimum absolute atomic E-state index is 0.234. The standard InChI is InChI=1S/C19H22O4/c1-21-17(12-14-8-4-2-5-9-14)18-16(20)13-22-19(23-18)15-10-6-3-7-11-15/h2-11,16-20H,12-13H2,1H3/t16-,17+,18-,19?/m1/s1. The van der Waals surface area contributed by atoms with Gasteiger partial charge in [-0.25, -0.2) is 0 Å². The van der Waals surface area contributed by atoms with Gasteiger partial charge in [-0.2, -0.15) is 0 Å². The van der Waals surface area contributed by atoms with E-state index < -0.39 is 18.5 Å². The van der Waals surface area contributed by atoms with Crippen LogP contribution in [0.5, 0.6) is 0 Å². The first-order valence-corrected chi connectivity index (χ1v) is 7.84. The molecule has 4 heteroatoms. The van der Waals surface area contributed by atoms with Gasteiger partial charge in [0.25, 0.3) is 0 Å². The smallest absolute Gasteiger partial charge is 0.184 e. The van der Waals surface area contributed by atoms with Crippen molar-refractivity contribution in [2.75, 3.05) is 13.7 Å². The van der Waals surface area contributed by atoms with Crippen LogP contribution < -0.4 is 0 Å². The van der Waals surface area contributed by atoms with Gasteiger partial charge in [0.2, 0.25) is 0 Å². The SMILES string of the molecule is CO[C@@H](Cc1ccccc1)[C@@H]1OC(c2ccccc2)OC[C@H]1O. The fraction of sp³-hybridized carbons (Fsp3) is 0.368. The van der Waals surface area contributed by atoms with Crippen molar-refractivity contribution in [2.24, 2.45) is 0 Å². The number of benzene rings is 2. The van der Waals surface area contributed by atoms with Crippen molar-refractivity contribution in [3.8, 4) is 0 Å². The number of aliphatic hydroxyl groups is 1. The summed E-state index contributed by atoms with van der Waals surface area (Å²) in [7, 11) is 1.65. The Hall–Kier alpha value is -1.72. The van der Waals surface area contributed by atoms with Gasteiger partial charge >= 0.3 is 0 Å². The fourth-order valence-electron chi connectivity index (χ4n) is 2.85. The summed E-state index contributed by atoms with van der Waals surface area (Å²) >= 11 is 0. The van der Waals surface area contributed by atoms with Crippen molar-refractivity contribution in [1.29, 1.82) is 0 Å². The molecule has 0 spiro atoms. The van der Waals surface area contributed by atoms with Gasteiger partial charge in [0.15, 0.2) is 6.29 Å². The number of rotatable bonds is 5. The summed E-state index contributed by atoms with van der Waals surface area (Å²) < 4.78 is 17.2. The van der Waals surface area contributed by atoms with Crippen LogP contribution in [0.4, 0.5) is 0 Å². The lowest BCUT2D eigenvalue weighted by atomic mass is 9.99. The molecule has 0 amide bonds. The van der Waals surface area contributed by atoms with Crippen LogP contribution in [0.25, 0.3) is 0 Å². The molecule has 0 aliphatic carbocycles. The molecule has 122 valence electrons. The Bertz CT molecular complexity index is 587. The molecule has 0 saturated carbocycles. The van der Waals surface area contributed by atoms with Crippen molar-refractivity contribution < 1.29 is 19.3 Å². The van der Waals surface area contributed by atoms with Gasteiger partial charge in [-0.15, -0.1) is 0 Å². The van der Waals surface area contributed by atoms with E-state index in [-0.39, 0.29) is 12.7 Å². The zero-order valence-electron chi connectivity index (χ0n) is 13.2. The average molecular weight is 314 g/mol. The maximum atomic E-state index is 10.3.